The van der Waals surface area contributed by atoms with Crippen LogP contribution < -0.4 is 4.74 Å². The van der Waals surface area contributed by atoms with Crippen LogP contribution in [0.15, 0.2) is 60.0 Å². The molecule has 6 nitrogen and oxygen atoms in total. The van der Waals surface area contributed by atoms with E-state index in [-0.39, 0.29) is 37.8 Å². The van der Waals surface area contributed by atoms with E-state index in [1.165, 1.54) is 21.8 Å². The van der Waals surface area contributed by atoms with Gasteiger partial charge < -0.3 is 9.64 Å². The average Bonchev–Trinajstić information content (AvgIpc) is 2.74. The summed E-state index contributed by atoms with van der Waals surface area (Å²) in [6.07, 6.45) is 1.67. The van der Waals surface area contributed by atoms with Gasteiger partial charge in [-0.3, -0.25) is 4.79 Å². The van der Waals surface area contributed by atoms with Crippen molar-refractivity contribution in [3.63, 3.8) is 0 Å². The Labute approximate surface area is 170 Å². The number of carbonyl (C=O) groups excluding carboxylic acids is 1. The quantitative estimate of drug-likeness (QED) is 0.694. The van der Waals surface area contributed by atoms with Crippen LogP contribution in [0.1, 0.15) is 12.0 Å². The molecule has 1 aliphatic heterocycles. The third kappa shape index (κ3) is 5.88. The Bertz CT molecular complexity index is 956. The molecule has 1 fully saturated rings. The Morgan fingerprint density at radius 1 is 1.00 bits per heavy atom. The summed E-state index contributed by atoms with van der Waals surface area (Å²) in [6.45, 7) is 1.18. The molecular formula is C21H23FN2O4S. The van der Waals surface area contributed by atoms with Crippen LogP contribution in [0.2, 0.25) is 0 Å². The number of halogens is 1. The predicted molar refractivity (Wildman–Crippen MR) is 109 cm³/mol. The van der Waals surface area contributed by atoms with Crippen LogP contribution in [0.4, 0.5) is 4.39 Å². The highest BCUT2D eigenvalue weighted by Gasteiger charge is 2.27. The van der Waals surface area contributed by atoms with Crippen molar-refractivity contribution in [2.24, 2.45) is 0 Å². The van der Waals surface area contributed by atoms with Gasteiger partial charge in [-0.15, -0.1) is 0 Å². The second-order valence-electron chi connectivity index (χ2n) is 6.57. The number of hydrogen-bond donors (Lipinski definition) is 0. The zero-order valence-corrected chi connectivity index (χ0v) is 16.7. The number of nitrogens with zero attached hydrogens (tertiary/aromatic N) is 2. The smallest absolute Gasteiger partial charge is 0.236 e. The van der Waals surface area contributed by atoms with E-state index in [0.717, 1.165) is 5.56 Å². The van der Waals surface area contributed by atoms with Crippen LogP contribution in [0.25, 0.3) is 6.08 Å². The number of benzene rings is 2. The molecule has 2 aromatic carbocycles. The fourth-order valence-electron chi connectivity index (χ4n) is 2.97. The molecule has 154 valence electrons. The molecule has 0 aliphatic carbocycles. The number of hydrogen-bond acceptors (Lipinski definition) is 4. The maximum absolute atomic E-state index is 13.5. The fourth-order valence-corrected chi connectivity index (χ4v) is 4.15. The van der Waals surface area contributed by atoms with Crippen LogP contribution in [0.3, 0.4) is 0 Å². The molecule has 1 heterocycles. The van der Waals surface area contributed by atoms with Gasteiger partial charge in [0.2, 0.25) is 15.9 Å². The molecule has 0 radical (unpaired) electrons. The highest BCUT2D eigenvalue weighted by Crippen LogP contribution is 2.16. The molecular weight excluding hydrogens is 395 g/mol. The number of carbonyl (C=O) groups is 1. The van der Waals surface area contributed by atoms with Crippen molar-refractivity contribution in [1.29, 1.82) is 0 Å². The van der Waals surface area contributed by atoms with E-state index in [4.69, 9.17) is 4.74 Å². The zero-order valence-electron chi connectivity index (χ0n) is 15.9. The molecule has 29 heavy (non-hydrogen) atoms. The summed E-state index contributed by atoms with van der Waals surface area (Å²) in [5.41, 5.74) is 0.805. The Morgan fingerprint density at radius 2 is 1.66 bits per heavy atom. The topological polar surface area (TPSA) is 66.9 Å². The van der Waals surface area contributed by atoms with Gasteiger partial charge in [-0.25, -0.2) is 12.8 Å². The van der Waals surface area contributed by atoms with E-state index in [0.29, 0.717) is 13.1 Å². The van der Waals surface area contributed by atoms with Gasteiger partial charge in [0.05, 0.1) is 13.0 Å². The van der Waals surface area contributed by atoms with Gasteiger partial charge in [-0.2, -0.15) is 4.31 Å². The summed E-state index contributed by atoms with van der Waals surface area (Å²) in [6, 6.07) is 15.2. The molecule has 1 aliphatic rings. The van der Waals surface area contributed by atoms with Crippen molar-refractivity contribution < 1.29 is 22.3 Å². The number of para-hydroxylation sites is 1. The molecule has 8 heteroatoms. The molecule has 0 atom stereocenters. The third-order valence-electron chi connectivity index (χ3n) is 4.59. The number of amides is 1. The van der Waals surface area contributed by atoms with E-state index >= 15 is 0 Å². The first-order valence-electron chi connectivity index (χ1n) is 9.34. The van der Waals surface area contributed by atoms with Crippen molar-refractivity contribution >= 4 is 22.0 Å². The van der Waals surface area contributed by atoms with Crippen LogP contribution in [0, 0.1) is 5.82 Å². The first-order valence-corrected chi connectivity index (χ1v) is 10.8. The minimum Gasteiger partial charge on any atom is -0.490 e. The number of rotatable bonds is 7. The maximum Gasteiger partial charge on any atom is 0.236 e. The number of piperazine rings is 1. The normalized spacial score (nSPS) is 15.6. The third-order valence-corrected chi connectivity index (χ3v) is 6.16. The molecule has 0 spiro atoms. The Morgan fingerprint density at radius 3 is 2.34 bits per heavy atom. The largest absolute Gasteiger partial charge is 0.490 e. The first kappa shape index (κ1) is 21.0. The van der Waals surface area contributed by atoms with Gasteiger partial charge in [-0.1, -0.05) is 42.5 Å². The minimum atomic E-state index is -3.54. The van der Waals surface area contributed by atoms with E-state index in [9.17, 15) is 17.6 Å². The molecule has 0 saturated carbocycles. The second-order valence-corrected chi connectivity index (χ2v) is 8.39. The maximum atomic E-state index is 13.5. The van der Waals surface area contributed by atoms with Gasteiger partial charge >= 0.3 is 0 Å². The lowest BCUT2D eigenvalue weighted by molar-refractivity contribution is -0.132. The summed E-state index contributed by atoms with van der Waals surface area (Å²) in [5.74, 6) is -0.498. The molecule has 0 bridgehead atoms. The molecule has 3 rings (SSSR count). The zero-order chi connectivity index (χ0) is 20.7. The minimum absolute atomic E-state index is 0.0676. The van der Waals surface area contributed by atoms with E-state index in [1.54, 1.807) is 23.1 Å². The van der Waals surface area contributed by atoms with Crippen LogP contribution in [-0.2, 0) is 14.8 Å². The van der Waals surface area contributed by atoms with Gasteiger partial charge in [0.1, 0.15) is 0 Å². The van der Waals surface area contributed by atoms with E-state index < -0.39 is 15.8 Å². The lowest BCUT2D eigenvalue weighted by Crippen LogP contribution is -2.50. The number of sulfonamides is 1. The van der Waals surface area contributed by atoms with Crippen molar-refractivity contribution in [2.45, 2.75) is 6.42 Å². The predicted octanol–water partition coefficient (Wildman–Crippen LogP) is 2.74. The summed E-state index contributed by atoms with van der Waals surface area (Å²) < 4.78 is 45.1. The summed E-state index contributed by atoms with van der Waals surface area (Å²) in [4.78, 5) is 13.9. The highest BCUT2D eigenvalue weighted by atomic mass is 32.2. The van der Waals surface area contributed by atoms with Gasteiger partial charge in [0, 0.05) is 31.6 Å². The van der Waals surface area contributed by atoms with Gasteiger partial charge in [0.25, 0.3) is 0 Å². The molecule has 2 aromatic rings. The van der Waals surface area contributed by atoms with Gasteiger partial charge in [-0.05, 0) is 23.8 Å². The summed E-state index contributed by atoms with van der Waals surface area (Å²) in [7, 11) is -3.54. The summed E-state index contributed by atoms with van der Waals surface area (Å²) >= 11 is 0. The van der Waals surface area contributed by atoms with Crippen molar-refractivity contribution in [3.05, 3.63) is 71.4 Å². The molecule has 1 amide bonds. The second kappa shape index (κ2) is 9.67. The molecule has 0 N–H and O–H groups in total. The lowest BCUT2D eigenvalue weighted by Gasteiger charge is -2.33. The Balaban J connectivity index is 1.46. The van der Waals surface area contributed by atoms with Crippen molar-refractivity contribution in [2.75, 3.05) is 32.8 Å². The summed E-state index contributed by atoms with van der Waals surface area (Å²) in [5, 5.41) is 1.20. The van der Waals surface area contributed by atoms with E-state index in [2.05, 4.69) is 0 Å². The van der Waals surface area contributed by atoms with Crippen LogP contribution in [0.5, 0.6) is 5.75 Å². The highest BCUT2D eigenvalue weighted by molar-refractivity contribution is 7.92. The average molecular weight is 418 g/mol. The molecule has 1 saturated heterocycles. The first-order chi connectivity index (χ1) is 14.0. The number of ether oxygens (including phenoxy) is 1. The lowest BCUT2D eigenvalue weighted by atomic mass is 10.2. The van der Waals surface area contributed by atoms with Crippen LogP contribution >= 0.6 is 0 Å². The molecule has 0 unspecified atom stereocenters. The van der Waals surface area contributed by atoms with Crippen LogP contribution in [-0.4, -0.2) is 56.3 Å². The fraction of sp³-hybridized carbons (Fsp3) is 0.286. The van der Waals surface area contributed by atoms with E-state index in [1.807, 2.05) is 30.3 Å². The molecule has 0 aromatic heterocycles. The monoisotopic (exact) mass is 418 g/mol. The van der Waals surface area contributed by atoms with Gasteiger partial charge in [0.15, 0.2) is 11.6 Å². The van der Waals surface area contributed by atoms with Crippen molar-refractivity contribution in [1.82, 2.24) is 9.21 Å². The standard InChI is InChI=1S/C21H23FN2O4S/c22-19-8-4-5-9-20(19)28-16-10-21(25)23-12-14-24(15-13-23)29(26,27)17-11-18-6-2-1-3-7-18/h1-9,11,17H,10,12-16H2. The van der Waals surface area contributed by atoms with Crippen molar-refractivity contribution in [3.8, 4) is 5.75 Å². The Kier molecular flexibility index (Phi) is 7.00. The Hall–Kier alpha value is -2.71. The SMILES string of the molecule is O=C(CCOc1ccccc1F)N1CCN(S(=O)(=O)C=Cc2ccccc2)CC1.